The predicted octanol–water partition coefficient (Wildman–Crippen LogP) is 2.29. The van der Waals surface area contributed by atoms with Crippen molar-refractivity contribution in [1.29, 1.82) is 0 Å². The second-order valence-electron chi connectivity index (χ2n) is 3.98. The Hall–Kier alpha value is -1.55. The highest BCUT2D eigenvalue weighted by Crippen LogP contribution is 2.16. The van der Waals surface area contributed by atoms with Gasteiger partial charge in [0, 0.05) is 11.6 Å². The summed E-state index contributed by atoms with van der Waals surface area (Å²) in [5.74, 6) is -0.527. The van der Waals surface area contributed by atoms with Crippen LogP contribution in [0.3, 0.4) is 0 Å². The lowest BCUT2D eigenvalue weighted by Crippen LogP contribution is -2.37. The zero-order valence-electron chi connectivity index (χ0n) is 11.2. The molecule has 0 aliphatic carbocycles. The van der Waals surface area contributed by atoms with E-state index in [0.29, 0.717) is 18.2 Å². The van der Waals surface area contributed by atoms with E-state index in [1.54, 1.807) is 19.1 Å². The maximum atomic E-state index is 12.1. The lowest BCUT2D eigenvalue weighted by molar-refractivity contribution is -0.148. The standard InChI is InChI=1S/C14H18ClNO3/c1-3-16(10-14(18)19-4-2)13(17)9-11-7-5-6-8-12(11)15/h5-8H,3-4,9-10H2,1-2H3. The van der Waals surface area contributed by atoms with Gasteiger partial charge >= 0.3 is 5.97 Å². The minimum absolute atomic E-state index is 0.0202. The predicted molar refractivity (Wildman–Crippen MR) is 74.0 cm³/mol. The normalized spacial score (nSPS) is 10.1. The number of benzene rings is 1. The first-order valence-corrected chi connectivity index (χ1v) is 6.63. The lowest BCUT2D eigenvalue weighted by Gasteiger charge is -2.20. The average molecular weight is 284 g/mol. The van der Waals surface area contributed by atoms with Gasteiger partial charge in [-0.25, -0.2) is 0 Å². The van der Waals surface area contributed by atoms with E-state index in [9.17, 15) is 9.59 Å². The summed E-state index contributed by atoms with van der Waals surface area (Å²) in [6.07, 6.45) is 0.187. The molecule has 5 heteroatoms. The molecule has 0 bridgehead atoms. The van der Waals surface area contributed by atoms with Crippen LogP contribution in [-0.2, 0) is 20.7 Å². The number of rotatable bonds is 6. The summed E-state index contributed by atoms with van der Waals surface area (Å²) in [5, 5.41) is 0.558. The molecule has 0 aliphatic heterocycles. The molecular weight excluding hydrogens is 266 g/mol. The molecule has 0 aliphatic rings. The van der Waals surface area contributed by atoms with E-state index in [1.807, 2.05) is 19.1 Å². The molecule has 0 aromatic heterocycles. The smallest absolute Gasteiger partial charge is 0.325 e. The maximum Gasteiger partial charge on any atom is 0.325 e. The molecule has 0 saturated heterocycles. The van der Waals surface area contributed by atoms with Crippen LogP contribution in [0.25, 0.3) is 0 Å². The quantitative estimate of drug-likeness (QED) is 0.753. The van der Waals surface area contributed by atoms with Crippen LogP contribution in [0, 0.1) is 0 Å². The van der Waals surface area contributed by atoms with Crippen LogP contribution in [0.4, 0.5) is 0 Å². The van der Waals surface area contributed by atoms with Crippen molar-refractivity contribution in [1.82, 2.24) is 4.90 Å². The molecule has 0 saturated carbocycles. The number of amides is 1. The van der Waals surface area contributed by atoms with Gasteiger partial charge in [0.15, 0.2) is 0 Å². The summed E-state index contributed by atoms with van der Waals surface area (Å²) in [6.45, 7) is 4.31. The Morgan fingerprint density at radius 3 is 2.53 bits per heavy atom. The molecule has 1 amide bonds. The summed E-state index contributed by atoms with van der Waals surface area (Å²) in [6, 6.07) is 7.19. The number of ether oxygens (including phenoxy) is 1. The fourth-order valence-electron chi connectivity index (χ4n) is 1.66. The molecule has 0 N–H and O–H groups in total. The molecule has 1 rings (SSSR count). The number of esters is 1. The van der Waals surface area contributed by atoms with Crippen molar-refractivity contribution in [3.05, 3.63) is 34.9 Å². The van der Waals surface area contributed by atoms with Crippen LogP contribution in [0.5, 0.6) is 0 Å². The number of carbonyl (C=O) groups excluding carboxylic acids is 2. The van der Waals surface area contributed by atoms with E-state index >= 15 is 0 Å². The zero-order chi connectivity index (χ0) is 14.3. The fourth-order valence-corrected chi connectivity index (χ4v) is 1.86. The summed E-state index contributed by atoms with van der Waals surface area (Å²) in [4.78, 5) is 24.9. The minimum Gasteiger partial charge on any atom is -0.465 e. The molecule has 0 unspecified atom stereocenters. The van der Waals surface area contributed by atoms with Crippen LogP contribution in [-0.4, -0.2) is 36.5 Å². The largest absolute Gasteiger partial charge is 0.465 e. The minimum atomic E-state index is -0.392. The Labute approximate surface area is 118 Å². The lowest BCUT2D eigenvalue weighted by atomic mass is 10.1. The summed E-state index contributed by atoms with van der Waals surface area (Å²) >= 11 is 6.01. The van der Waals surface area contributed by atoms with Crippen molar-refractivity contribution < 1.29 is 14.3 Å². The summed E-state index contributed by atoms with van der Waals surface area (Å²) in [7, 11) is 0. The Bertz CT molecular complexity index is 448. The Morgan fingerprint density at radius 1 is 1.26 bits per heavy atom. The van der Waals surface area contributed by atoms with E-state index in [2.05, 4.69) is 0 Å². The van der Waals surface area contributed by atoms with Crippen LogP contribution in [0.2, 0.25) is 5.02 Å². The molecule has 0 spiro atoms. The molecule has 0 fully saturated rings. The second kappa shape index (κ2) is 7.79. The van der Waals surface area contributed by atoms with E-state index in [4.69, 9.17) is 16.3 Å². The van der Waals surface area contributed by atoms with Gasteiger partial charge in [0.05, 0.1) is 13.0 Å². The number of halogens is 1. The highest BCUT2D eigenvalue weighted by molar-refractivity contribution is 6.31. The molecule has 104 valence electrons. The first kappa shape index (κ1) is 15.5. The third kappa shape index (κ3) is 4.91. The number of hydrogen-bond acceptors (Lipinski definition) is 3. The molecule has 0 atom stereocenters. The van der Waals surface area contributed by atoms with E-state index in [0.717, 1.165) is 5.56 Å². The van der Waals surface area contributed by atoms with Crippen molar-refractivity contribution in [2.45, 2.75) is 20.3 Å². The van der Waals surface area contributed by atoms with Gasteiger partial charge in [0.1, 0.15) is 6.54 Å². The van der Waals surface area contributed by atoms with Crippen molar-refractivity contribution in [3.8, 4) is 0 Å². The van der Waals surface area contributed by atoms with Crippen LogP contribution < -0.4 is 0 Å². The molecule has 0 heterocycles. The zero-order valence-corrected chi connectivity index (χ0v) is 11.9. The first-order chi connectivity index (χ1) is 9.08. The van der Waals surface area contributed by atoms with Crippen LogP contribution in [0.1, 0.15) is 19.4 Å². The number of likely N-dealkylation sites (N-methyl/N-ethyl adjacent to an activating group) is 1. The third-order valence-electron chi connectivity index (χ3n) is 2.66. The van der Waals surface area contributed by atoms with Gasteiger partial charge in [0.2, 0.25) is 5.91 Å². The number of nitrogens with zero attached hydrogens (tertiary/aromatic N) is 1. The van der Waals surface area contributed by atoms with Gasteiger partial charge < -0.3 is 9.64 Å². The molecule has 0 radical (unpaired) electrons. The Morgan fingerprint density at radius 2 is 1.95 bits per heavy atom. The third-order valence-corrected chi connectivity index (χ3v) is 3.03. The highest BCUT2D eigenvalue weighted by atomic mass is 35.5. The molecule has 1 aromatic rings. The van der Waals surface area contributed by atoms with Gasteiger partial charge in [-0.05, 0) is 25.5 Å². The molecule has 1 aromatic carbocycles. The number of carbonyl (C=O) groups is 2. The van der Waals surface area contributed by atoms with Gasteiger partial charge in [-0.3, -0.25) is 9.59 Å². The van der Waals surface area contributed by atoms with Gasteiger partial charge in [-0.2, -0.15) is 0 Å². The average Bonchev–Trinajstić information content (AvgIpc) is 2.39. The summed E-state index contributed by atoms with van der Waals surface area (Å²) in [5.41, 5.74) is 0.761. The van der Waals surface area contributed by atoms with E-state index < -0.39 is 5.97 Å². The van der Waals surface area contributed by atoms with Crippen LogP contribution >= 0.6 is 11.6 Å². The van der Waals surface area contributed by atoms with Gasteiger partial charge in [-0.1, -0.05) is 29.8 Å². The number of hydrogen-bond donors (Lipinski definition) is 0. The Balaban J connectivity index is 2.64. The van der Waals surface area contributed by atoms with Gasteiger partial charge in [0.25, 0.3) is 0 Å². The molecule has 19 heavy (non-hydrogen) atoms. The fraction of sp³-hybridized carbons (Fsp3) is 0.429. The highest BCUT2D eigenvalue weighted by Gasteiger charge is 2.17. The van der Waals surface area contributed by atoms with E-state index in [-0.39, 0.29) is 18.9 Å². The summed E-state index contributed by atoms with van der Waals surface area (Å²) < 4.78 is 4.84. The van der Waals surface area contributed by atoms with Crippen molar-refractivity contribution >= 4 is 23.5 Å². The SMILES string of the molecule is CCOC(=O)CN(CC)C(=O)Cc1ccccc1Cl. The van der Waals surface area contributed by atoms with Crippen molar-refractivity contribution in [2.24, 2.45) is 0 Å². The molecular formula is C14H18ClNO3. The van der Waals surface area contributed by atoms with Crippen molar-refractivity contribution in [3.63, 3.8) is 0 Å². The second-order valence-corrected chi connectivity index (χ2v) is 4.39. The Kier molecular flexibility index (Phi) is 6.36. The maximum absolute atomic E-state index is 12.1. The van der Waals surface area contributed by atoms with Crippen molar-refractivity contribution in [2.75, 3.05) is 19.7 Å². The van der Waals surface area contributed by atoms with Gasteiger partial charge in [-0.15, -0.1) is 0 Å². The first-order valence-electron chi connectivity index (χ1n) is 6.25. The van der Waals surface area contributed by atoms with E-state index in [1.165, 1.54) is 4.90 Å². The molecule has 4 nitrogen and oxygen atoms in total. The van der Waals surface area contributed by atoms with Crippen LogP contribution in [0.15, 0.2) is 24.3 Å². The monoisotopic (exact) mass is 283 g/mol. The topological polar surface area (TPSA) is 46.6 Å².